The van der Waals surface area contributed by atoms with Crippen molar-refractivity contribution in [3.63, 3.8) is 0 Å². The summed E-state index contributed by atoms with van der Waals surface area (Å²) >= 11 is 0. The van der Waals surface area contributed by atoms with E-state index in [9.17, 15) is 14.7 Å². The van der Waals surface area contributed by atoms with Crippen molar-refractivity contribution in [3.8, 4) is 5.75 Å². The van der Waals surface area contributed by atoms with Crippen molar-refractivity contribution in [2.45, 2.75) is 85.2 Å². The predicted octanol–water partition coefficient (Wildman–Crippen LogP) is 3.41. The summed E-state index contributed by atoms with van der Waals surface area (Å²) in [5, 5.41) is 11.7. The quantitative estimate of drug-likeness (QED) is 0.288. The van der Waals surface area contributed by atoms with Gasteiger partial charge >= 0.3 is 13.5 Å². The van der Waals surface area contributed by atoms with E-state index >= 15 is 0 Å². The van der Waals surface area contributed by atoms with Crippen LogP contribution in [0.1, 0.15) is 70.9 Å². The monoisotopic (exact) mass is 604 g/mol. The van der Waals surface area contributed by atoms with Gasteiger partial charge in [0.2, 0.25) is 0 Å². The number of rotatable bonds is 7. The molecule has 0 aromatic heterocycles. The van der Waals surface area contributed by atoms with Crippen LogP contribution in [0.2, 0.25) is 0 Å². The number of aliphatic hydroxyl groups is 1. The average molecular weight is 605 g/mol. The minimum Gasteiger partial charge on any atom is -0.482 e. The van der Waals surface area contributed by atoms with Crippen molar-refractivity contribution in [1.82, 2.24) is 4.90 Å². The lowest BCUT2D eigenvalue weighted by Crippen LogP contribution is -2.63. The highest BCUT2D eigenvalue weighted by Gasteiger charge is 2.68. The minimum absolute atomic E-state index is 0. The summed E-state index contributed by atoms with van der Waals surface area (Å²) in [6.07, 6.45) is 4.13. The van der Waals surface area contributed by atoms with Crippen molar-refractivity contribution in [3.05, 3.63) is 35.9 Å². The number of fused-ring (bicyclic) bond motifs is 1. The Balaban J connectivity index is 0.00000242. The van der Waals surface area contributed by atoms with Gasteiger partial charge in [-0.05, 0) is 85.8 Å². The van der Waals surface area contributed by atoms with Crippen molar-refractivity contribution < 1.29 is 34.3 Å². The van der Waals surface area contributed by atoms with Crippen LogP contribution < -0.4 is 10.2 Å². The number of hydrogen-bond acceptors (Lipinski definition) is 7. The Hall–Kier alpha value is -1.91. The normalized spacial score (nSPS) is 36.8. The van der Waals surface area contributed by atoms with E-state index in [4.69, 9.17) is 14.1 Å². The molecule has 5 rings (SSSR count). The third kappa shape index (κ3) is 5.56. The van der Waals surface area contributed by atoms with Gasteiger partial charge in [-0.1, -0.05) is 33.8 Å². The number of aliphatic hydroxyl groups excluding tert-OH is 1. The average Bonchev–Trinajstić information content (AvgIpc) is 3.53. The number of carbonyl (C=O) groups excluding carboxylic acids is 2. The first-order chi connectivity index (χ1) is 18.9. The maximum atomic E-state index is 13.6. The highest BCUT2D eigenvalue weighted by Crippen LogP contribution is 2.68. The molecule has 233 valence electrons. The van der Waals surface area contributed by atoms with Crippen LogP contribution in [0.5, 0.6) is 5.75 Å². The SMILES string of the molecule is C=C[C@]1(C)C[C@@H](OC(=O)COc2cc3c(c(CN(C)C)c2)CO[B]3)[C@]2(C)[C@H](C)CC[C@]3(CCC(=O)[C@H]32)[C@@H](C)[C@@H]1O.Cl.O. The second kappa shape index (κ2) is 12.6. The van der Waals surface area contributed by atoms with Crippen molar-refractivity contribution >= 4 is 37.1 Å². The minimum atomic E-state index is -0.686. The van der Waals surface area contributed by atoms with Crippen LogP contribution in [0, 0.1) is 34.0 Å². The molecule has 2 bridgehead atoms. The second-order valence-corrected chi connectivity index (χ2v) is 13.7. The Morgan fingerprint density at radius 2 is 1.98 bits per heavy atom. The van der Waals surface area contributed by atoms with E-state index in [1.165, 1.54) is 0 Å². The molecule has 0 amide bonds. The van der Waals surface area contributed by atoms with E-state index in [0.29, 0.717) is 25.2 Å². The van der Waals surface area contributed by atoms with E-state index in [0.717, 1.165) is 42.4 Å². The Morgan fingerprint density at radius 3 is 2.64 bits per heavy atom. The summed E-state index contributed by atoms with van der Waals surface area (Å²) in [6, 6.07) is 3.86. The first kappa shape index (κ1) is 34.6. The lowest BCUT2D eigenvalue weighted by Gasteiger charge is -2.61. The molecule has 3 N–H and O–H groups in total. The van der Waals surface area contributed by atoms with Gasteiger partial charge in [0.1, 0.15) is 17.6 Å². The van der Waals surface area contributed by atoms with Gasteiger partial charge in [-0.15, -0.1) is 19.0 Å². The van der Waals surface area contributed by atoms with E-state index in [2.05, 4.69) is 32.3 Å². The lowest BCUT2D eigenvalue weighted by molar-refractivity contribution is -0.207. The molecule has 8 nitrogen and oxygen atoms in total. The summed E-state index contributed by atoms with van der Waals surface area (Å²) < 4.78 is 17.8. The molecule has 3 fully saturated rings. The zero-order valence-electron chi connectivity index (χ0n) is 25.9. The first-order valence-corrected chi connectivity index (χ1v) is 14.8. The van der Waals surface area contributed by atoms with Crippen LogP contribution in [-0.4, -0.2) is 67.6 Å². The summed E-state index contributed by atoms with van der Waals surface area (Å²) in [7, 11) is 5.75. The van der Waals surface area contributed by atoms with Crippen LogP contribution in [0.25, 0.3) is 0 Å². The van der Waals surface area contributed by atoms with E-state index in [1.54, 1.807) is 7.48 Å². The van der Waals surface area contributed by atoms with Gasteiger partial charge in [0, 0.05) is 29.7 Å². The first-order valence-electron chi connectivity index (χ1n) is 14.8. The highest BCUT2D eigenvalue weighted by atomic mass is 35.5. The van der Waals surface area contributed by atoms with E-state index in [-0.39, 0.29) is 53.4 Å². The zero-order valence-corrected chi connectivity index (χ0v) is 26.7. The van der Waals surface area contributed by atoms with Gasteiger partial charge in [0.05, 0.1) is 12.7 Å². The number of halogens is 1. The molecule has 1 radical (unpaired) electrons. The fraction of sp³-hybridized carbons (Fsp3) is 0.688. The molecule has 1 heterocycles. The number of Topliss-reactive ketones (excluding diaryl/α,β-unsaturated/α-hetero) is 1. The summed E-state index contributed by atoms with van der Waals surface area (Å²) in [5.41, 5.74) is 1.70. The molecule has 1 aliphatic heterocycles. The molecule has 8 atom stereocenters. The topological polar surface area (TPSA) is 117 Å². The third-order valence-corrected chi connectivity index (χ3v) is 11.2. The van der Waals surface area contributed by atoms with Gasteiger partial charge < -0.3 is 29.6 Å². The van der Waals surface area contributed by atoms with Gasteiger partial charge in [-0.3, -0.25) is 4.79 Å². The van der Waals surface area contributed by atoms with Gasteiger partial charge in [-0.2, -0.15) is 0 Å². The smallest absolute Gasteiger partial charge is 0.344 e. The Morgan fingerprint density at radius 1 is 1.26 bits per heavy atom. The second-order valence-electron chi connectivity index (χ2n) is 13.7. The molecular formula is C32H48BClNO7. The van der Waals surface area contributed by atoms with Crippen LogP contribution in [0.4, 0.5) is 0 Å². The van der Waals surface area contributed by atoms with E-state index < -0.39 is 29.0 Å². The van der Waals surface area contributed by atoms with Gasteiger partial charge in [0.15, 0.2) is 6.61 Å². The molecule has 3 aliphatic carbocycles. The number of esters is 1. The van der Waals surface area contributed by atoms with Gasteiger partial charge in [0.25, 0.3) is 0 Å². The predicted molar refractivity (Wildman–Crippen MR) is 165 cm³/mol. The van der Waals surface area contributed by atoms with Crippen LogP contribution in [0.3, 0.4) is 0 Å². The Kier molecular flexibility index (Phi) is 10.4. The molecule has 4 aliphatic rings. The van der Waals surface area contributed by atoms with Crippen molar-refractivity contribution in [1.29, 1.82) is 0 Å². The fourth-order valence-electron chi connectivity index (χ4n) is 8.62. The zero-order chi connectivity index (χ0) is 29.0. The maximum Gasteiger partial charge on any atom is 0.344 e. The third-order valence-electron chi connectivity index (χ3n) is 11.2. The van der Waals surface area contributed by atoms with Crippen molar-refractivity contribution in [2.75, 3.05) is 20.7 Å². The van der Waals surface area contributed by atoms with Crippen LogP contribution in [0.15, 0.2) is 24.8 Å². The summed E-state index contributed by atoms with van der Waals surface area (Å²) in [4.78, 5) is 29.1. The molecule has 1 aromatic rings. The molecule has 0 spiro atoms. The number of carbonyl (C=O) groups is 2. The number of benzene rings is 1. The fourth-order valence-corrected chi connectivity index (χ4v) is 8.62. The molecule has 42 heavy (non-hydrogen) atoms. The van der Waals surface area contributed by atoms with Crippen LogP contribution >= 0.6 is 12.4 Å². The number of ketones is 1. The lowest BCUT2D eigenvalue weighted by atomic mass is 9.44. The standard InChI is InChI=1S/C32H45BNO6.ClH.H2O/c1-8-30(4)15-26(31(5)19(2)9-11-32(20(3)29(30)37)12-10-25(35)28(31)32)40-27(36)18-38-22-13-21(16-34(6)7)23-17-39-33-24(23)14-22;;/h8,13-14,19-20,26,28-29,37H,1,9-12,15-18H2,2-7H3;1H;1H2/t19-,20+,26-,28+,29+,30-,31+,32+;;/m1../s1. The van der Waals surface area contributed by atoms with Crippen molar-refractivity contribution in [2.24, 2.45) is 34.0 Å². The Labute approximate surface area is 257 Å². The number of nitrogens with zero attached hydrogens (tertiary/aromatic N) is 1. The Bertz CT molecular complexity index is 1200. The molecular weight excluding hydrogens is 557 g/mol. The molecule has 0 saturated heterocycles. The maximum absolute atomic E-state index is 13.6. The highest BCUT2D eigenvalue weighted by molar-refractivity contribution is 6.49. The summed E-state index contributed by atoms with van der Waals surface area (Å²) in [5.74, 6) is 0.248. The molecule has 3 saturated carbocycles. The summed E-state index contributed by atoms with van der Waals surface area (Å²) in [6.45, 7) is 13.6. The number of hydrogen-bond donors (Lipinski definition) is 1. The molecule has 10 heteroatoms. The van der Waals surface area contributed by atoms with Crippen LogP contribution in [-0.2, 0) is 32.1 Å². The molecule has 1 aromatic carbocycles. The number of ether oxygens (including phenoxy) is 2. The largest absolute Gasteiger partial charge is 0.482 e. The molecule has 0 unspecified atom stereocenters. The van der Waals surface area contributed by atoms with Gasteiger partial charge in [-0.25, -0.2) is 4.79 Å². The van der Waals surface area contributed by atoms with E-state index in [1.807, 2.05) is 39.2 Å².